The Morgan fingerprint density at radius 3 is 2.43 bits per heavy atom. The van der Waals surface area contributed by atoms with Crippen LogP contribution in [-0.2, 0) is 0 Å². The lowest BCUT2D eigenvalue weighted by Gasteiger charge is -2.15. The zero-order valence-electron chi connectivity index (χ0n) is 19.5. The maximum Gasteiger partial charge on any atom is 0.275 e. The third kappa shape index (κ3) is 6.34. The van der Waals surface area contributed by atoms with Crippen LogP contribution < -0.4 is 11.1 Å². The van der Waals surface area contributed by atoms with Crippen molar-refractivity contribution in [3.8, 4) is 21.7 Å². The molecular formula is C26H26N6O2S. The molecule has 1 amide bonds. The fourth-order valence-electron chi connectivity index (χ4n) is 3.31. The minimum Gasteiger partial charge on any atom is -0.398 e. The number of nitrogen functional groups attached to an aromatic ring is 1. The van der Waals surface area contributed by atoms with Crippen molar-refractivity contribution in [3.05, 3.63) is 77.8 Å². The zero-order chi connectivity index (χ0) is 24.8. The lowest BCUT2D eigenvalue weighted by Crippen LogP contribution is -2.19. The van der Waals surface area contributed by atoms with Crippen LogP contribution in [0.1, 0.15) is 36.3 Å². The highest BCUT2D eigenvalue weighted by molar-refractivity contribution is 7.13. The molecule has 0 aliphatic heterocycles. The first-order valence-corrected chi connectivity index (χ1v) is 11.9. The molecule has 0 atom stereocenters. The average molecular weight is 487 g/mol. The van der Waals surface area contributed by atoms with Crippen molar-refractivity contribution in [2.24, 2.45) is 4.99 Å². The van der Waals surface area contributed by atoms with E-state index in [0.29, 0.717) is 35.6 Å². The number of nitrogens with one attached hydrogen (secondary N) is 1. The topological polar surface area (TPSA) is 126 Å². The normalized spacial score (nSPS) is 11.6. The van der Waals surface area contributed by atoms with Crippen molar-refractivity contribution >= 4 is 34.8 Å². The van der Waals surface area contributed by atoms with Crippen LogP contribution in [0.5, 0.6) is 0 Å². The largest absolute Gasteiger partial charge is 0.398 e. The minimum absolute atomic E-state index is 0.319. The molecule has 3 aromatic heterocycles. The van der Waals surface area contributed by atoms with Gasteiger partial charge in [0.25, 0.3) is 5.91 Å². The Morgan fingerprint density at radius 2 is 1.77 bits per heavy atom. The fourth-order valence-corrected chi connectivity index (χ4v) is 4.12. The number of nitrogens with two attached hydrogens (primary N) is 1. The number of carbonyl (C=O) groups excluding carboxylic acids is 1. The highest BCUT2D eigenvalue weighted by Crippen LogP contribution is 2.32. The summed E-state index contributed by atoms with van der Waals surface area (Å²) in [5, 5.41) is 15.4. The lowest BCUT2D eigenvalue weighted by molar-refractivity contribution is 0.0739. The zero-order valence-corrected chi connectivity index (χ0v) is 20.3. The molecule has 4 aromatic rings. The minimum atomic E-state index is -0.796. The summed E-state index contributed by atoms with van der Waals surface area (Å²) in [7, 11) is 0. The first-order chi connectivity index (χ1) is 16.8. The second kappa shape index (κ2) is 10.5. The van der Waals surface area contributed by atoms with E-state index >= 15 is 0 Å². The molecule has 0 spiro atoms. The molecule has 0 saturated carbocycles. The van der Waals surface area contributed by atoms with E-state index in [4.69, 9.17) is 5.73 Å². The molecule has 4 rings (SSSR count). The Morgan fingerprint density at radius 1 is 1.11 bits per heavy atom. The van der Waals surface area contributed by atoms with Gasteiger partial charge in [-0.1, -0.05) is 0 Å². The van der Waals surface area contributed by atoms with Crippen LogP contribution in [-0.4, -0.2) is 44.3 Å². The molecule has 3 heterocycles. The Hall–Kier alpha value is -3.95. The molecule has 9 heteroatoms. The van der Waals surface area contributed by atoms with Gasteiger partial charge in [-0.15, -0.1) is 11.3 Å². The summed E-state index contributed by atoms with van der Waals surface area (Å²) in [6.07, 6.45) is 8.94. The summed E-state index contributed by atoms with van der Waals surface area (Å²) < 4.78 is 0. The van der Waals surface area contributed by atoms with E-state index in [9.17, 15) is 9.90 Å². The number of aliphatic imine (C=N–C) groups is 1. The van der Waals surface area contributed by atoms with Crippen molar-refractivity contribution in [2.75, 3.05) is 17.6 Å². The summed E-state index contributed by atoms with van der Waals surface area (Å²) in [5.41, 5.74) is 10.1. The quantitative estimate of drug-likeness (QED) is 0.245. The van der Waals surface area contributed by atoms with Gasteiger partial charge in [-0.2, -0.15) is 0 Å². The number of aromatic nitrogens is 3. The SMILES string of the molecule is CC(C)(O)CCN=Cc1cc(NC(=O)c2csc(-c3ccncc3)n2)c(-c2ccncc2)cc1N. The molecule has 0 unspecified atom stereocenters. The molecule has 8 nitrogen and oxygen atoms in total. The van der Waals surface area contributed by atoms with Crippen molar-refractivity contribution in [1.29, 1.82) is 0 Å². The number of aliphatic hydroxyl groups is 1. The van der Waals surface area contributed by atoms with Crippen LogP contribution in [0.2, 0.25) is 0 Å². The Kier molecular flexibility index (Phi) is 7.28. The van der Waals surface area contributed by atoms with Gasteiger partial charge in [0, 0.05) is 71.0 Å². The Bertz CT molecular complexity index is 1330. The number of hydrogen-bond donors (Lipinski definition) is 3. The lowest BCUT2D eigenvalue weighted by atomic mass is 10.0. The highest BCUT2D eigenvalue weighted by atomic mass is 32.1. The van der Waals surface area contributed by atoms with Crippen LogP contribution in [0.4, 0.5) is 11.4 Å². The second-order valence-corrected chi connectivity index (χ2v) is 9.45. The molecule has 0 saturated heterocycles. The van der Waals surface area contributed by atoms with Crippen LogP contribution in [0.15, 0.2) is 71.6 Å². The van der Waals surface area contributed by atoms with Gasteiger partial charge >= 0.3 is 0 Å². The smallest absolute Gasteiger partial charge is 0.275 e. The predicted octanol–water partition coefficient (Wildman–Crippen LogP) is 4.68. The number of hydrogen-bond acceptors (Lipinski definition) is 8. The number of amides is 1. The third-order valence-corrected chi connectivity index (χ3v) is 6.10. The number of benzene rings is 1. The Labute approximate surface area is 207 Å². The van der Waals surface area contributed by atoms with Gasteiger partial charge in [0.05, 0.1) is 5.60 Å². The molecule has 0 radical (unpaired) electrons. The summed E-state index contributed by atoms with van der Waals surface area (Å²) in [6, 6.07) is 11.0. The number of pyridine rings is 2. The van der Waals surface area contributed by atoms with Crippen molar-refractivity contribution in [3.63, 3.8) is 0 Å². The molecule has 0 fully saturated rings. The summed E-state index contributed by atoms with van der Waals surface area (Å²) in [4.78, 5) is 30.1. The monoisotopic (exact) mass is 486 g/mol. The van der Waals surface area contributed by atoms with Crippen LogP contribution >= 0.6 is 11.3 Å². The number of nitrogens with zero attached hydrogens (tertiary/aromatic N) is 4. The molecule has 0 aliphatic rings. The van der Waals surface area contributed by atoms with E-state index < -0.39 is 5.60 Å². The first kappa shape index (κ1) is 24.2. The predicted molar refractivity (Wildman–Crippen MR) is 141 cm³/mol. The molecule has 0 bridgehead atoms. The third-order valence-electron chi connectivity index (χ3n) is 5.21. The van der Waals surface area contributed by atoms with Crippen LogP contribution in [0, 0.1) is 0 Å². The average Bonchev–Trinajstić information content (AvgIpc) is 3.34. The van der Waals surface area contributed by atoms with E-state index in [2.05, 4.69) is 25.3 Å². The summed E-state index contributed by atoms with van der Waals surface area (Å²) in [6.45, 7) is 3.94. The number of thiazole rings is 1. The molecular weight excluding hydrogens is 460 g/mol. The van der Waals surface area contributed by atoms with Crippen molar-refractivity contribution in [1.82, 2.24) is 15.0 Å². The van der Waals surface area contributed by atoms with Gasteiger partial charge in [-0.05, 0) is 62.2 Å². The number of rotatable bonds is 8. The van der Waals surface area contributed by atoms with Gasteiger partial charge in [0.2, 0.25) is 0 Å². The van der Waals surface area contributed by atoms with E-state index in [0.717, 1.165) is 21.7 Å². The molecule has 1 aromatic carbocycles. The van der Waals surface area contributed by atoms with Gasteiger partial charge < -0.3 is 16.2 Å². The maximum atomic E-state index is 13.1. The molecule has 4 N–H and O–H groups in total. The van der Waals surface area contributed by atoms with E-state index in [-0.39, 0.29) is 5.91 Å². The number of carbonyl (C=O) groups is 1. The Balaban J connectivity index is 1.63. The van der Waals surface area contributed by atoms with E-state index in [1.54, 1.807) is 56.3 Å². The molecule has 0 aliphatic carbocycles. The van der Waals surface area contributed by atoms with Crippen LogP contribution in [0.25, 0.3) is 21.7 Å². The summed E-state index contributed by atoms with van der Waals surface area (Å²) >= 11 is 1.39. The van der Waals surface area contributed by atoms with Gasteiger partial charge in [0.15, 0.2) is 0 Å². The van der Waals surface area contributed by atoms with Gasteiger partial charge in [0.1, 0.15) is 10.7 Å². The van der Waals surface area contributed by atoms with E-state index in [1.165, 1.54) is 11.3 Å². The molecule has 35 heavy (non-hydrogen) atoms. The van der Waals surface area contributed by atoms with Crippen molar-refractivity contribution in [2.45, 2.75) is 25.9 Å². The van der Waals surface area contributed by atoms with Gasteiger partial charge in [-0.25, -0.2) is 4.98 Å². The van der Waals surface area contributed by atoms with Crippen LogP contribution in [0.3, 0.4) is 0 Å². The standard InChI is InChI=1S/C26H26N6O2S/c1-26(2,34)7-12-30-15-19-13-22(20(14-21(19)27)17-3-8-28-9-4-17)31-24(33)23-16-35-25(32-23)18-5-10-29-11-6-18/h3-6,8-11,13-16,34H,7,12,27H2,1-2H3,(H,31,33). The van der Waals surface area contributed by atoms with Crippen molar-refractivity contribution < 1.29 is 9.90 Å². The fraction of sp³-hybridized carbons (Fsp3) is 0.192. The maximum absolute atomic E-state index is 13.1. The first-order valence-electron chi connectivity index (χ1n) is 11.0. The second-order valence-electron chi connectivity index (χ2n) is 8.59. The van der Waals surface area contributed by atoms with Gasteiger partial charge in [-0.3, -0.25) is 19.8 Å². The van der Waals surface area contributed by atoms with E-state index in [1.807, 2.05) is 30.3 Å². The number of anilines is 2. The molecule has 178 valence electrons. The highest BCUT2D eigenvalue weighted by Gasteiger charge is 2.16. The summed E-state index contributed by atoms with van der Waals surface area (Å²) in [5.74, 6) is -0.327.